The van der Waals surface area contributed by atoms with Crippen LogP contribution in [0.1, 0.15) is 23.2 Å². The van der Waals surface area contributed by atoms with Gasteiger partial charge in [-0.15, -0.1) is 0 Å². The summed E-state index contributed by atoms with van der Waals surface area (Å²) in [5, 5.41) is 0. The Labute approximate surface area is 71.7 Å². The minimum atomic E-state index is 0.000556. The molecule has 0 aliphatic carbocycles. The highest BCUT2D eigenvalue weighted by Gasteiger charge is 2.07. The number of hydrogen-bond acceptors (Lipinski definition) is 2. The Morgan fingerprint density at radius 2 is 2.33 bits per heavy atom. The molecule has 64 valence electrons. The van der Waals surface area contributed by atoms with Crippen molar-refractivity contribution in [2.45, 2.75) is 13.8 Å². The van der Waals surface area contributed by atoms with Gasteiger partial charge >= 0.3 is 0 Å². The van der Waals surface area contributed by atoms with E-state index < -0.39 is 0 Å². The van der Waals surface area contributed by atoms with E-state index in [0.717, 1.165) is 5.82 Å². The first-order valence-corrected chi connectivity index (χ1v) is 3.82. The zero-order chi connectivity index (χ0) is 9.14. The van der Waals surface area contributed by atoms with Gasteiger partial charge in [-0.25, -0.2) is 4.98 Å². The third-order valence-corrected chi connectivity index (χ3v) is 1.79. The third-order valence-electron chi connectivity index (χ3n) is 1.79. The maximum Gasteiger partial charge on any atom is 0.203 e. The highest BCUT2D eigenvalue weighted by molar-refractivity contribution is 6.03. The van der Waals surface area contributed by atoms with Crippen molar-refractivity contribution in [2.24, 2.45) is 7.05 Å². The van der Waals surface area contributed by atoms with E-state index in [1.807, 2.05) is 20.9 Å². The molecular formula is C9H12N2O. The topological polar surface area (TPSA) is 34.9 Å². The molecule has 0 saturated heterocycles. The lowest BCUT2D eigenvalue weighted by atomic mass is 10.3. The maximum atomic E-state index is 11.3. The molecule has 0 unspecified atom stereocenters. The second-order valence-corrected chi connectivity index (χ2v) is 2.61. The van der Waals surface area contributed by atoms with E-state index in [1.165, 1.54) is 6.08 Å². The quantitative estimate of drug-likeness (QED) is 0.490. The summed E-state index contributed by atoms with van der Waals surface area (Å²) in [6.07, 6.45) is 4.86. The lowest BCUT2D eigenvalue weighted by Crippen LogP contribution is -2.03. The Hall–Kier alpha value is -1.38. The van der Waals surface area contributed by atoms with E-state index in [-0.39, 0.29) is 5.78 Å². The van der Waals surface area contributed by atoms with Crippen LogP contribution in [0.25, 0.3) is 0 Å². The van der Waals surface area contributed by atoms with Crippen LogP contribution >= 0.6 is 0 Å². The number of rotatable bonds is 2. The minimum Gasteiger partial charge on any atom is -0.329 e. The molecule has 0 bridgehead atoms. The Bertz CT molecular complexity index is 323. The molecule has 1 aromatic rings. The highest BCUT2D eigenvalue weighted by atomic mass is 16.1. The molecule has 0 N–H and O–H groups in total. The van der Waals surface area contributed by atoms with E-state index in [4.69, 9.17) is 0 Å². The van der Waals surface area contributed by atoms with Gasteiger partial charge in [-0.05, 0) is 19.9 Å². The third kappa shape index (κ3) is 1.44. The van der Waals surface area contributed by atoms with Gasteiger partial charge in [0.25, 0.3) is 0 Å². The zero-order valence-corrected chi connectivity index (χ0v) is 7.53. The average Bonchev–Trinajstić information content (AvgIpc) is 2.34. The summed E-state index contributed by atoms with van der Waals surface area (Å²) in [7, 11) is 1.83. The van der Waals surface area contributed by atoms with Crippen LogP contribution in [0.2, 0.25) is 0 Å². The van der Waals surface area contributed by atoms with Gasteiger partial charge in [0, 0.05) is 7.05 Å². The minimum absolute atomic E-state index is 0.000556. The predicted octanol–water partition coefficient (Wildman–Crippen LogP) is 1.49. The van der Waals surface area contributed by atoms with E-state index in [0.29, 0.717) is 5.69 Å². The molecule has 1 aromatic heterocycles. The van der Waals surface area contributed by atoms with Crippen LogP contribution in [0.3, 0.4) is 0 Å². The molecule has 1 heterocycles. The van der Waals surface area contributed by atoms with Crippen LogP contribution in [-0.2, 0) is 7.05 Å². The molecule has 12 heavy (non-hydrogen) atoms. The summed E-state index contributed by atoms with van der Waals surface area (Å²) < 4.78 is 1.78. The number of imidazole rings is 1. The van der Waals surface area contributed by atoms with Crippen LogP contribution < -0.4 is 0 Å². The van der Waals surface area contributed by atoms with Crippen molar-refractivity contribution in [2.75, 3.05) is 0 Å². The largest absolute Gasteiger partial charge is 0.329 e. The number of carbonyl (C=O) groups excluding carboxylic acids is 1. The van der Waals surface area contributed by atoms with E-state index in [2.05, 4.69) is 4.98 Å². The summed E-state index contributed by atoms with van der Waals surface area (Å²) in [5.74, 6) is 0.850. The van der Waals surface area contributed by atoms with E-state index in [1.54, 1.807) is 16.8 Å². The molecular weight excluding hydrogens is 152 g/mol. The lowest BCUT2D eigenvalue weighted by molar-refractivity contribution is 0.103. The van der Waals surface area contributed by atoms with Gasteiger partial charge in [0.1, 0.15) is 11.5 Å². The number of nitrogens with zero attached hydrogens (tertiary/aromatic N) is 2. The molecule has 0 fully saturated rings. The van der Waals surface area contributed by atoms with Gasteiger partial charge in [-0.3, -0.25) is 4.79 Å². The molecule has 3 heteroatoms. The SMILES string of the molecule is C/C=C/C(=O)c1cnc(C)n1C. The normalized spacial score (nSPS) is 10.9. The fourth-order valence-corrected chi connectivity index (χ4v) is 0.968. The summed E-state index contributed by atoms with van der Waals surface area (Å²) in [4.78, 5) is 15.4. The molecule has 0 aliphatic rings. The van der Waals surface area contributed by atoms with Crippen molar-refractivity contribution in [1.29, 1.82) is 0 Å². The average molecular weight is 164 g/mol. The van der Waals surface area contributed by atoms with Gasteiger partial charge in [0.2, 0.25) is 5.78 Å². The fourth-order valence-electron chi connectivity index (χ4n) is 0.968. The van der Waals surface area contributed by atoms with Gasteiger partial charge < -0.3 is 4.57 Å². The monoisotopic (exact) mass is 164 g/mol. The number of aryl methyl sites for hydroxylation is 1. The standard InChI is InChI=1S/C9H12N2O/c1-4-5-9(12)8-6-10-7(2)11(8)3/h4-6H,1-3H3/b5-4+. The number of ketones is 1. The molecule has 0 amide bonds. The summed E-state index contributed by atoms with van der Waals surface area (Å²) in [6.45, 7) is 3.69. The van der Waals surface area contributed by atoms with E-state index >= 15 is 0 Å². The van der Waals surface area contributed by atoms with E-state index in [9.17, 15) is 4.79 Å². The number of aromatic nitrogens is 2. The highest BCUT2D eigenvalue weighted by Crippen LogP contribution is 2.03. The van der Waals surface area contributed by atoms with Crippen molar-refractivity contribution >= 4 is 5.78 Å². The fraction of sp³-hybridized carbons (Fsp3) is 0.333. The molecule has 0 spiro atoms. The number of allylic oxidation sites excluding steroid dienone is 2. The van der Waals surface area contributed by atoms with Crippen molar-refractivity contribution in [3.63, 3.8) is 0 Å². The maximum absolute atomic E-state index is 11.3. The second-order valence-electron chi connectivity index (χ2n) is 2.61. The van der Waals surface area contributed by atoms with Crippen LogP contribution in [-0.4, -0.2) is 15.3 Å². The Morgan fingerprint density at radius 3 is 2.75 bits per heavy atom. The number of carbonyl (C=O) groups is 1. The molecule has 0 atom stereocenters. The molecule has 0 aromatic carbocycles. The van der Waals surface area contributed by atoms with Crippen LogP contribution in [0.15, 0.2) is 18.3 Å². The second kappa shape index (κ2) is 3.34. The van der Waals surface area contributed by atoms with Crippen LogP contribution in [0.4, 0.5) is 0 Å². The molecule has 1 rings (SSSR count). The van der Waals surface area contributed by atoms with Gasteiger partial charge in [-0.2, -0.15) is 0 Å². The lowest BCUT2D eigenvalue weighted by Gasteiger charge is -1.97. The first-order chi connectivity index (χ1) is 5.66. The van der Waals surface area contributed by atoms with Crippen LogP contribution in [0.5, 0.6) is 0 Å². The summed E-state index contributed by atoms with van der Waals surface area (Å²) in [5.41, 5.74) is 0.630. The van der Waals surface area contributed by atoms with Crippen molar-refractivity contribution < 1.29 is 4.79 Å². The zero-order valence-electron chi connectivity index (χ0n) is 7.53. The molecule has 3 nitrogen and oxygen atoms in total. The smallest absolute Gasteiger partial charge is 0.203 e. The van der Waals surface area contributed by atoms with Crippen molar-refractivity contribution in [1.82, 2.24) is 9.55 Å². The first-order valence-electron chi connectivity index (χ1n) is 3.82. The Kier molecular flexibility index (Phi) is 2.43. The van der Waals surface area contributed by atoms with Gasteiger partial charge in [-0.1, -0.05) is 6.08 Å². The van der Waals surface area contributed by atoms with Crippen molar-refractivity contribution in [3.8, 4) is 0 Å². The van der Waals surface area contributed by atoms with Crippen molar-refractivity contribution in [3.05, 3.63) is 29.9 Å². The summed E-state index contributed by atoms with van der Waals surface area (Å²) >= 11 is 0. The first kappa shape index (κ1) is 8.71. The number of hydrogen-bond donors (Lipinski definition) is 0. The Balaban J connectivity index is 3.03. The molecule has 0 radical (unpaired) electrons. The van der Waals surface area contributed by atoms with Gasteiger partial charge in [0.05, 0.1) is 6.20 Å². The summed E-state index contributed by atoms with van der Waals surface area (Å²) in [6, 6.07) is 0. The molecule has 0 aliphatic heterocycles. The van der Waals surface area contributed by atoms with Crippen LogP contribution in [0, 0.1) is 6.92 Å². The van der Waals surface area contributed by atoms with Gasteiger partial charge in [0.15, 0.2) is 0 Å². The predicted molar refractivity (Wildman–Crippen MR) is 47.1 cm³/mol. The molecule has 0 saturated carbocycles. The Morgan fingerprint density at radius 1 is 1.67 bits per heavy atom.